The standard InChI is InChI=1S/C28H34N2O5/c1-18(10-13-26(31)29-16-20(27(32)33)14-19-11-12-19)15-30-28(34)35-17-25-23-8-4-2-6-21(23)22-7-3-5-9-24(22)25/h2-9,18-20,25H,10-17H2,1H3,(H,29,31)(H,30,34)(H,32,33). The maximum atomic E-state index is 12.3. The van der Waals surface area contributed by atoms with E-state index in [2.05, 4.69) is 34.9 Å². The van der Waals surface area contributed by atoms with Gasteiger partial charge in [-0.25, -0.2) is 4.79 Å². The largest absolute Gasteiger partial charge is 0.481 e. The van der Waals surface area contributed by atoms with Crippen LogP contribution < -0.4 is 10.6 Å². The van der Waals surface area contributed by atoms with E-state index in [0.717, 1.165) is 12.8 Å². The van der Waals surface area contributed by atoms with Crippen LogP contribution in [0.3, 0.4) is 0 Å². The average molecular weight is 479 g/mol. The summed E-state index contributed by atoms with van der Waals surface area (Å²) in [6.07, 6.45) is 3.24. The third kappa shape index (κ3) is 6.62. The van der Waals surface area contributed by atoms with Crippen molar-refractivity contribution in [3.8, 4) is 11.1 Å². The lowest BCUT2D eigenvalue weighted by Crippen LogP contribution is -2.34. The summed E-state index contributed by atoms with van der Waals surface area (Å²) in [7, 11) is 0. The van der Waals surface area contributed by atoms with E-state index in [1.807, 2.05) is 31.2 Å². The van der Waals surface area contributed by atoms with Crippen LogP contribution in [0.25, 0.3) is 11.1 Å². The number of carbonyl (C=O) groups excluding carboxylic acids is 2. The Morgan fingerprint density at radius 2 is 1.60 bits per heavy atom. The lowest BCUT2D eigenvalue weighted by Gasteiger charge is -2.16. The van der Waals surface area contributed by atoms with Gasteiger partial charge in [-0.1, -0.05) is 68.3 Å². The number of carbonyl (C=O) groups is 3. The van der Waals surface area contributed by atoms with Gasteiger partial charge in [0.25, 0.3) is 0 Å². The van der Waals surface area contributed by atoms with Gasteiger partial charge in [-0.15, -0.1) is 0 Å². The van der Waals surface area contributed by atoms with E-state index in [0.29, 0.717) is 31.7 Å². The van der Waals surface area contributed by atoms with Crippen molar-refractivity contribution in [2.45, 2.75) is 44.9 Å². The fourth-order valence-corrected chi connectivity index (χ4v) is 4.74. The van der Waals surface area contributed by atoms with E-state index >= 15 is 0 Å². The number of nitrogens with one attached hydrogen (secondary N) is 2. The molecule has 1 saturated carbocycles. The molecule has 0 heterocycles. The molecule has 2 atom stereocenters. The van der Waals surface area contributed by atoms with Crippen LogP contribution in [0.5, 0.6) is 0 Å². The molecule has 2 aliphatic carbocycles. The highest BCUT2D eigenvalue weighted by Gasteiger charge is 2.30. The second-order valence-electron chi connectivity index (χ2n) is 9.87. The van der Waals surface area contributed by atoms with Gasteiger partial charge in [0.05, 0.1) is 5.92 Å². The molecule has 2 aromatic carbocycles. The number of ether oxygens (including phenoxy) is 1. The highest BCUT2D eigenvalue weighted by atomic mass is 16.5. The normalized spacial score (nSPS) is 16.0. The van der Waals surface area contributed by atoms with Crippen molar-refractivity contribution in [1.29, 1.82) is 0 Å². The van der Waals surface area contributed by atoms with Crippen LogP contribution in [0.2, 0.25) is 0 Å². The summed E-state index contributed by atoms with van der Waals surface area (Å²) >= 11 is 0. The Bertz CT molecular complexity index is 1020. The molecule has 3 N–H and O–H groups in total. The zero-order valence-electron chi connectivity index (χ0n) is 20.2. The average Bonchev–Trinajstić information content (AvgIpc) is 3.63. The van der Waals surface area contributed by atoms with E-state index in [9.17, 15) is 19.5 Å². The molecule has 186 valence electrons. The third-order valence-electron chi connectivity index (χ3n) is 7.01. The first-order valence-corrected chi connectivity index (χ1v) is 12.5. The summed E-state index contributed by atoms with van der Waals surface area (Å²) < 4.78 is 5.55. The Kier molecular flexibility index (Phi) is 8.06. The Hall–Kier alpha value is -3.35. The van der Waals surface area contributed by atoms with Crippen LogP contribution in [0.1, 0.15) is 56.1 Å². The lowest BCUT2D eigenvalue weighted by molar-refractivity contribution is -0.142. The highest BCUT2D eigenvalue weighted by molar-refractivity contribution is 5.79. The van der Waals surface area contributed by atoms with Gasteiger partial charge in [0.1, 0.15) is 6.61 Å². The second kappa shape index (κ2) is 11.4. The summed E-state index contributed by atoms with van der Waals surface area (Å²) in [6, 6.07) is 16.4. The molecule has 35 heavy (non-hydrogen) atoms. The molecule has 2 aromatic rings. The van der Waals surface area contributed by atoms with Gasteiger partial charge in [-0.05, 0) is 46.9 Å². The Balaban J connectivity index is 1.15. The van der Waals surface area contributed by atoms with Crippen molar-refractivity contribution in [3.63, 3.8) is 0 Å². The van der Waals surface area contributed by atoms with Crippen LogP contribution in [-0.2, 0) is 14.3 Å². The quantitative estimate of drug-likeness (QED) is 0.415. The van der Waals surface area contributed by atoms with Gasteiger partial charge < -0.3 is 20.5 Å². The maximum Gasteiger partial charge on any atom is 0.407 e. The zero-order chi connectivity index (χ0) is 24.8. The third-order valence-corrected chi connectivity index (χ3v) is 7.01. The number of hydrogen-bond donors (Lipinski definition) is 3. The van der Waals surface area contributed by atoms with Crippen LogP contribution in [0.4, 0.5) is 4.79 Å². The summed E-state index contributed by atoms with van der Waals surface area (Å²) in [6.45, 7) is 2.81. The number of aliphatic carboxylic acids is 1. The predicted octanol–water partition coefficient (Wildman–Crippen LogP) is 4.56. The molecule has 4 rings (SSSR count). The summed E-state index contributed by atoms with van der Waals surface area (Å²) in [5.41, 5.74) is 4.71. The Labute approximate surface area is 206 Å². The van der Waals surface area contributed by atoms with Crippen molar-refractivity contribution >= 4 is 18.0 Å². The maximum absolute atomic E-state index is 12.3. The zero-order valence-corrected chi connectivity index (χ0v) is 20.2. The molecule has 0 radical (unpaired) electrons. The molecule has 7 nitrogen and oxygen atoms in total. The minimum atomic E-state index is -0.849. The molecular weight excluding hydrogens is 444 g/mol. The number of carboxylic acid groups (broad SMARTS) is 1. The molecule has 0 spiro atoms. The number of rotatable bonds is 12. The minimum Gasteiger partial charge on any atom is -0.481 e. The van der Waals surface area contributed by atoms with E-state index in [4.69, 9.17) is 4.74 Å². The lowest BCUT2D eigenvalue weighted by atomic mass is 9.98. The van der Waals surface area contributed by atoms with Crippen LogP contribution in [0, 0.1) is 17.8 Å². The van der Waals surface area contributed by atoms with Crippen molar-refractivity contribution in [2.24, 2.45) is 17.8 Å². The molecule has 0 aromatic heterocycles. The Morgan fingerprint density at radius 1 is 0.971 bits per heavy atom. The van der Waals surface area contributed by atoms with Gasteiger partial charge in [-0.2, -0.15) is 0 Å². The first-order valence-electron chi connectivity index (χ1n) is 12.5. The van der Waals surface area contributed by atoms with E-state index in [-0.39, 0.29) is 30.9 Å². The number of carboxylic acids is 1. The number of fused-ring (bicyclic) bond motifs is 3. The van der Waals surface area contributed by atoms with Gasteiger partial charge in [0.2, 0.25) is 5.91 Å². The van der Waals surface area contributed by atoms with Gasteiger partial charge in [0, 0.05) is 25.4 Å². The molecular formula is C28H34N2O5. The highest BCUT2D eigenvalue weighted by Crippen LogP contribution is 2.44. The molecule has 2 amide bonds. The number of hydrogen-bond acceptors (Lipinski definition) is 4. The van der Waals surface area contributed by atoms with Gasteiger partial charge >= 0.3 is 12.1 Å². The first-order chi connectivity index (χ1) is 16.9. The fourth-order valence-electron chi connectivity index (χ4n) is 4.74. The predicted molar refractivity (Wildman–Crippen MR) is 133 cm³/mol. The molecule has 0 aliphatic heterocycles. The van der Waals surface area contributed by atoms with Crippen molar-refractivity contribution in [2.75, 3.05) is 19.7 Å². The molecule has 2 unspecified atom stereocenters. The Morgan fingerprint density at radius 3 is 2.20 bits per heavy atom. The molecule has 0 bridgehead atoms. The number of alkyl carbamates (subject to hydrolysis) is 1. The van der Waals surface area contributed by atoms with Crippen molar-refractivity contribution in [3.05, 3.63) is 59.7 Å². The SMILES string of the molecule is CC(CCC(=O)NCC(CC1CC1)C(=O)O)CNC(=O)OCC1c2ccccc2-c2ccccc21. The summed E-state index contributed by atoms with van der Waals surface area (Å²) in [5.74, 6) is -0.916. The number of benzene rings is 2. The van der Waals surface area contributed by atoms with Crippen LogP contribution >= 0.6 is 0 Å². The van der Waals surface area contributed by atoms with Crippen LogP contribution in [-0.4, -0.2) is 42.8 Å². The van der Waals surface area contributed by atoms with Crippen molar-refractivity contribution in [1.82, 2.24) is 10.6 Å². The molecule has 1 fully saturated rings. The van der Waals surface area contributed by atoms with Gasteiger partial charge in [0.15, 0.2) is 0 Å². The monoisotopic (exact) mass is 478 g/mol. The van der Waals surface area contributed by atoms with Crippen molar-refractivity contribution < 1.29 is 24.2 Å². The van der Waals surface area contributed by atoms with Crippen LogP contribution in [0.15, 0.2) is 48.5 Å². The molecule has 0 saturated heterocycles. The number of amides is 2. The summed E-state index contributed by atoms with van der Waals surface area (Å²) in [4.78, 5) is 35.8. The van der Waals surface area contributed by atoms with E-state index in [1.165, 1.54) is 22.3 Å². The van der Waals surface area contributed by atoms with E-state index < -0.39 is 18.0 Å². The second-order valence-corrected chi connectivity index (χ2v) is 9.87. The minimum absolute atomic E-state index is 0.0174. The first kappa shape index (κ1) is 24.8. The van der Waals surface area contributed by atoms with E-state index in [1.54, 1.807) is 0 Å². The van der Waals surface area contributed by atoms with Gasteiger partial charge in [-0.3, -0.25) is 9.59 Å². The topological polar surface area (TPSA) is 105 Å². The molecule has 2 aliphatic rings. The summed E-state index contributed by atoms with van der Waals surface area (Å²) in [5, 5.41) is 14.9. The molecule has 7 heteroatoms. The smallest absolute Gasteiger partial charge is 0.407 e. The fraction of sp³-hybridized carbons (Fsp3) is 0.464.